The van der Waals surface area contributed by atoms with Gasteiger partial charge in [-0.25, -0.2) is 13.4 Å². The Balaban J connectivity index is 0.971. The number of hydrogen-bond donors (Lipinski definition) is 3. The van der Waals surface area contributed by atoms with Gasteiger partial charge in [0.2, 0.25) is 15.9 Å². The zero-order valence-electron chi connectivity index (χ0n) is 37.4. The third kappa shape index (κ3) is 11.2. The second-order valence-electron chi connectivity index (χ2n) is 16.7. The fourth-order valence-corrected chi connectivity index (χ4v) is 10.4. The Morgan fingerprint density at radius 1 is 0.662 bits per heavy atom. The van der Waals surface area contributed by atoms with Crippen LogP contribution in [0.1, 0.15) is 57.3 Å². The Labute approximate surface area is 401 Å². The zero-order chi connectivity index (χ0) is 46.9. The lowest BCUT2D eigenvalue weighted by Crippen LogP contribution is -2.47. The van der Waals surface area contributed by atoms with Gasteiger partial charge < -0.3 is 24.3 Å². The molecule has 0 bridgehead atoms. The van der Waals surface area contributed by atoms with Crippen molar-refractivity contribution in [2.75, 3.05) is 5.75 Å². The van der Waals surface area contributed by atoms with Crippen molar-refractivity contribution in [3.63, 3.8) is 0 Å². The lowest BCUT2D eigenvalue weighted by molar-refractivity contribution is -0.255. The molecule has 1 aliphatic rings. The number of amides is 1. The molecule has 1 amide bonds. The molecule has 1 fully saturated rings. The Morgan fingerprint density at radius 2 is 1.25 bits per heavy atom. The molecule has 8 aromatic rings. The quantitative estimate of drug-likeness (QED) is 0.0761. The first-order valence-electron chi connectivity index (χ1n) is 22.5. The number of nitrogens with zero attached hydrogens (tertiary/aromatic N) is 1. The van der Waals surface area contributed by atoms with E-state index in [2.05, 4.69) is 22.2 Å². The van der Waals surface area contributed by atoms with Crippen LogP contribution in [-0.4, -0.2) is 42.3 Å². The maximum absolute atomic E-state index is 13.8. The SMILES string of the molecule is Cc1ccc(S(=O)(=O)NC(Cc2ccccc2)C(=O)NCc2ccc(C3OC(CSc4nc(-c5ccccc5)c(-c5ccccc5)o4)C(c4ccccc4)C(c4ccc(CO)cc4)O3)cc2)cc1. The van der Waals surface area contributed by atoms with Crippen molar-refractivity contribution in [1.29, 1.82) is 0 Å². The molecule has 7 aromatic carbocycles. The summed E-state index contributed by atoms with van der Waals surface area (Å²) in [6.45, 7) is 1.97. The first-order valence-corrected chi connectivity index (χ1v) is 25.0. The molecule has 3 N–H and O–H groups in total. The summed E-state index contributed by atoms with van der Waals surface area (Å²) in [6, 6.07) is 60.5. The lowest BCUT2D eigenvalue weighted by atomic mass is 9.84. The van der Waals surface area contributed by atoms with Crippen molar-refractivity contribution in [1.82, 2.24) is 15.0 Å². The van der Waals surface area contributed by atoms with Gasteiger partial charge in [0.1, 0.15) is 11.7 Å². The number of benzene rings is 7. The summed E-state index contributed by atoms with van der Waals surface area (Å²) in [6.07, 6.45) is -1.44. The maximum Gasteiger partial charge on any atom is 0.256 e. The number of aromatic nitrogens is 1. The number of carbonyl (C=O) groups is 1. The Kier molecular flexibility index (Phi) is 14.7. The number of oxazole rings is 1. The molecule has 344 valence electrons. The predicted octanol–water partition coefficient (Wildman–Crippen LogP) is 10.7. The molecule has 5 atom stereocenters. The van der Waals surface area contributed by atoms with E-state index >= 15 is 0 Å². The number of aliphatic hydroxyl groups excluding tert-OH is 1. The fourth-order valence-electron chi connectivity index (χ4n) is 8.36. The zero-order valence-corrected chi connectivity index (χ0v) is 39.0. The molecule has 0 aliphatic carbocycles. The second-order valence-corrected chi connectivity index (χ2v) is 19.4. The van der Waals surface area contributed by atoms with Gasteiger partial charge in [0.15, 0.2) is 12.1 Å². The summed E-state index contributed by atoms with van der Waals surface area (Å²) in [5.74, 6) is 0.486. The highest BCUT2D eigenvalue weighted by atomic mass is 32.2. The summed E-state index contributed by atoms with van der Waals surface area (Å²) in [7, 11) is -4.00. The average molecular weight is 942 g/mol. The minimum atomic E-state index is -4.00. The summed E-state index contributed by atoms with van der Waals surface area (Å²) in [5, 5.41) is 13.4. The fraction of sp³-hybridized carbons (Fsp3) is 0.179. The van der Waals surface area contributed by atoms with Crippen molar-refractivity contribution in [2.45, 2.75) is 67.1 Å². The number of sulfonamides is 1. The van der Waals surface area contributed by atoms with Gasteiger partial charge in [-0.1, -0.05) is 199 Å². The topological polar surface area (TPSA) is 140 Å². The number of aliphatic hydroxyl groups is 1. The van der Waals surface area contributed by atoms with Crippen LogP contribution >= 0.6 is 11.8 Å². The summed E-state index contributed by atoms with van der Waals surface area (Å²) < 4.78 is 50.1. The van der Waals surface area contributed by atoms with Gasteiger partial charge in [-0.05, 0) is 53.3 Å². The number of rotatable bonds is 17. The molecule has 1 aliphatic heterocycles. The maximum atomic E-state index is 13.8. The molecule has 5 unspecified atom stereocenters. The number of thioether (sulfide) groups is 1. The molecule has 9 rings (SSSR count). The molecule has 1 aromatic heterocycles. The second kappa shape index (κ2) is 21.5. The third-order valence-corrected chi connectivity index (χ3v) is 14.4. The van der Waals surface area contributed by atoms with E-state index in [9.17, 15) is 18.3 Å². The van der Waals surface area contributed by atoms with Gasteiger partial charge in [0, 0.05) is 34.9 Å². The summed E-state index contributed by atoms with van der Waals surface area (Å²) in [5.41, 5.74) is 8.76. The predicted molar refractivity (Wildman–Crippen MR) is 265 cm³/mol. The first kappa shape index (κ1) is 46.5. The van der Waals surface area contributed by atoms with Crippen molar-refractivity contribution in [3.05, 3.63) is 233 Å². The van der Waals surface area contributed by atoms with E-state index in [1.807, 2.05) is 165 Å². The highest BCUT2D eigenvalue weighted by molar-refractivity contribution is 7.99. The van der Waals surface area contributed by atoms with Gasteiger partial charge in [-0.2, -0.15) is 4.72 Å². The van der Waals surface area contributed by atoms with Crippen molar-refractivity contribution in [3.8, 4) is 22.6 Å². The van der Waals surface area contributed by atoms with E-state index in [0.29, 0.717) is 16.7 Å². The molecule has 12 heteroatoms. The van der Waals surface area contributed by atoms with Crippen LogP contribution in [-0.2, 0) is 43.9 Å². The van der Waals surface area contributed by atoms with Crippen LogP contribution in [0, 0.1) is 6.92 Å². The van der Waals surface area contributed by atoms with Crippen LogP contribution in [0.5, 0.6) is 0 Å². The van der Waals surface area contributed by atoms with E-state index in [0.717, 1.165) is 55.8 Å². The molecule has 10 nitrogen and oxygen atoms in total. The lowest BCUT2D eigenvalue weighted by Gasteiger charge is -2.43. The van der Waals surface area contributed by atoms with Crippen LogP contribution in [0.25, 0.3) is 22.6 Å². The Hall–Kier alpha value is -6.64. The Bertz CT molecular complexity index is 2940. The smallest absolute Gasteiger partial charge is 0.256 e. The number of nitrogens with one attached hydrogen (secondary N) is 2. The van der Waals surface area contributed by atoms with Crippen molar-refractivity contribution >= 4 is 27.7 Å². The summed E-state index contributed by atoms with van der Waals surface area (Å²) in [4.78, 5) is 18.9. The first-order chi connectivity index (χ1) is 33.2. The van der Waals surface area contributed by atoms with Crippen LogP contribution in [0.15, 0.2) is 209 Å². The molecule has 0 radical (unpaired) electrons. The van der Waals surface area contributed by atoms with E-state index in [1.54, 1.807) is 12.1 Å². The van der Waals surface area contributed by atoms with E-state index in [4.69, 9.17) is 18.9 Å². The molecular weight excluding hydrogens is 891 g/mol. The highest BCUT2D eigenvalue weighted by Gasteiger charge is 2.42. The van der Waals surface area contributed by atoms with Crippen LogP contribution < -0.4 is 10.0 Å². The van der Waals surface area contributed by atoms with Crippen LogP contribution in [0.2, 0.25) is 0 Å². The van der Waals surface area contributed by atoms with Crippen molar-refractivity contribution in [2.24, 2.45) is 0 Å². The monoisotopic (exact) mass is 941 g/mol. The molecule has 68 heavy (non-hydrogen) atoms. The molecule has 0 saturated carbocycles. The van der Waals surface area contributed by atoms with Crippen LogP contribution in [0.3, 0.4) is 0 Å². The van der Waals surface area contributed by atoms with Gasteiger partial charge >= 0.3 is 0 Å². The minimum Gasteiger partial charge on any atom is -0.431 e. The number of hydrogen-bond acceptors (Lipinski definition) is 9. The largest absolute Gasteiger partial charge is 0.431 e. The minimum absolute atomic E-state index is 0.0749. The van der Waals surface area contributed by atoms with Crippen molar-refractivity contribution < 1.29 is 32.2 Å². The van der Waals surface area contributed by atoms with Crippen LogP contribution in [0.4, 0.5) is 0 Å². The van der Waals surface area contributed by atoms with E-state index in [1.165, 1.54) is 23.9 Å². The number of aryl methyl sites for hydroxylation is 1. The van der Waals surface area contributed by atoms with Gasteiger partial charge in [-0.3, -0.25) is 4.79 Å². The van der Waals surface area contributed by atoms with E-state index in [-0.39, 0.29) is 36.5 Å². The number of carbonyl (C=O) groups excluding carboxylic acids is 1. The number of ether oxygens (including phenoxy) is 2. The normalized spacial score (nSPS) is 17.6. The summed E-state index contributed by atoms with van der Waals surface area (Å²) >= 11 is 1.49. The third-order valence-electron chi connectivity index (χ3n) is 12.0. The van der Waals surface area contributed by atoms with Gasteiger partial charge in [0.05, 0.1) is 23.7 Å². The van der Waals surface area contributed by atoms with E-state index < -0.39 is 34.4 Å². The van der Waals surface area contributed by atoms with Gasteiger partial charge in [-0.15, -0.1) is 0 Å². The molecule has 2 heterocycles. The molecule has 0 spiro atoms. The van der Waals surface area contributed by atoms with Gasteiger partial charge in [0.25, 0.3) is 5.22 Å². The average Bonchev–Trinajstić information content (AvgIpc) is 3.83. The highest BCUT2D eigenvalue weighted by Crippen LogP contribution is 2.48. The Morgan fingerprint density at radius 3 is 1.90 bits per heavy atom. The molecular formula is C56H51N3O7S2. The molecule has 1 saturated heterocycles. The standard InChI is InChI=1S/C56H51N3O7S2/c1-38-22-32-47(33-23-38)68(62,63)59-48(34-39-14-6-2-7-15-39)54(61)57-35-40-24-30-46(31-25-40)55-64-49(50(42-16-8-3-9-17-42)52(65-55)45-28-26-41(36-60)27-29-45)37-67-56-58-51(43-18-10-4-11-19-43)53(66-56)44-20-12-5-13-21-44/h2-33,48-50,52,55,59-60H,34-37H2,1H3,(H,57,61).